The maximum absolute atomic E-state index is 11.2. The fraction of sp³-hybridized carbons (Fsp3) is 0.357. The zero-order chi connectivity index (χ0) is 11.8. The van der Waals surface area contributed by atoms with E-state index >= 15 is 0 Å². The largest absolute Gasteiger partial charge is 0.480 e. The monoisotopic (exact) mass is 229 g/mol. The molecule has 17 heavy (non-hydrogen) atoms. The molecule has 0 amide bonds. The molecule has 88 valence electrons. The van der Waals surface area contributed by atoms with E-state index in [1.54, 1.807) is 0 Å². The van der Waals surface area contributed by atoms with Crippen LogP contribution in [0.5, 0.6) is 0 Å². The Hall–Kier alpha value is -1.77. The van der Waals surface area contributed by atoms with Gasteiger partial charge in [0, 0.05) is 18.7 Å². The summed E-state index contributed by atoms with van der Waals surface area (Å²) >= 11 is 0. The van der Waals surface area contributed by atoms with Crippen molar-refractivity contribution < 1.29 is 9.90 Å². The predicted octanol–water partition coefficient (Wildman–Crippen LogP) is 2.13. The number of aliphatic carboxylic acids is 1. The molecule has 1 aromatic carbocycles. The van der Waals surface area contributed by atoms with Crippen LogP contribution in [-0.2, 0) is 11.2 Å². The molecule has 1 aliphatic carbocycles. The molecule has 1 aliphatic heterocycles. The molecule has 1 saturated heterocycles. The number of hydrogen-bond acceptors (Lipinski definition) is 2. The zero-order valence-corrected chi connectivity index (χ0v) is 9.60. The van der Waals surface area contributed by atoms with E-state index in [2.05, 4.69) is 23.1 Å². The molecule has 1 heterocycles. The predicted molar refractivity (Wildman–Crippen MR) is 65.5 cm³/mol. The van der Waals surface area contributed by atoms with Crippen molar-refractivity contribution in [3.63, 3.8) is 0 Å². The van der Waals surface area contributed by atoms with Crippen LogP contribution >= 0.6 is 0 Å². The lowest BCUT2D eigenvalue weighted by atomic mass is 10.1. The first-order chi connectivity index (χ1) is 8.25. The van der Waals surface area contributed by atoms with Gasteiger partial charge in [0.05, 0.1) is 0 Å². The van der Waals surface area contributed by atoms with Crippen molar-refractivity contribution in [2.24, 2.45) is 0 Å². The van der Waals surface area contributed by atoms with E-state index in [0.29, 0.717) is 0 Å². The van der Waals surface area contributed by atoms with Crippen LogP contribution in [0.3, 0.4) is 0 Å². The quantitative estimate of drug-likeness (QED) is 0.844. The van der Waals surface area contributed by atoms with Crippen LogP contribution in [0.15, 0.2) is 30.0 Å². The second kappa shape index (κ2) is 3.91. The molecule has 3 nitrogen and oxygen atoms in total. The molecular formula is C14H15NO2. The summed E-state index contributed by atoms with van der Waals surface area (Å²) in [6.07, 6.45) is 4.75. The smallest absolute Gasteiger partial charge is 0.326 e. The molecule has 1 fully saturated rings. The maximum atomic E-state index is 11.2. The highest BCUT2D eigenvalue weighted by molar-refractivity contribution is 5.75. The van der Waals surface area contributed by atoms with Gasteiger partial charge in [0.15, 0.2) is 0 Å². The summed E-state index contributed by atoms with van der Waals surface area (Å²) in [5, 5.41) is 9.19. The van der Waals surface area contributed by atoms with Crippen LogP contribution in [-0.4, -0.2) is 28.6 Å². The van der Waals surface area contributed by atoms with E-state index in [9.17, 15) is 9.90 Å². The van der Waals surface area contributed by atoms with Gasteiger partial charge in [-0.15, -0.1) is 0 Å². The van der Waals surface area contributed by atoms with Crippen molar-refractivity contribution in [2.45, 2.75) is 25.3 Å². The van der Waals surface area contributed by atoms with Crippen LogP contribution in [0, 0.1) is 0 Å². The van der Waals surface area contributed by atoms with Crippen LogP contribution in [0.2, 0.25) is 0 Å². The van der Waals surface area contributed by atoms with Crippen molar-refractivity contribution >= 4 is 12.0 Å². The maximum Gasteiger partial charge on any atom is 0.326 e. The van der Waals surface area contributed by atoms with Gasteiger partial charge < -0.3 is 10.0 Å². The number of carboxylic acid groups (broad SMARTS) is 1. The number of allylic oxidation sites excluding steroid dienone is 1. The molecular weight excluding hydrogens is 214 g/mol. The van der Waals surface area contributed by atoms with Crippen LogP contribution < -0.4 is 0 Å². The molecule has 1 N–H and O–H groups in total. The molecule has 0 unspecified atom stereocenters. The third kappa shape index (κ3) is 1.71. The number of nitrogens with zero attached hydrogens (tertiary/aromatic N) is 1. The number of carboxylic acids is 1. The Kier molecular flexibility index (Phi) is 2.39. The lowest BCUT2D eigenvalue weighted by Gasteiger charge is -2.24. The van der Waals surface area contributed by atoms with Crippen LogP contribution in [0.4, 0.5) is 0 Å². The van der Waals surface area contributed by atoms with Crippen LogP contribution in [0.1, 0.15) is 24.0 Å². The third-order valence-electron chi connectivity index (χ3n) is 3.66. The molecule has 0 radical (unpaired) electrons. The van der Waals surface area contributed by atoms with Gasteiger partial charge in [0.2, 0.25) is 0 Å². The van der Waals surface area contributed by atoms with E-state index in [4.69, 9.17) is 0 Å². The standard InChI is InChI=1S/C14H15NO2/c16-14(17)13-6-3-7-15(13)12-8-10-4-1-2-5-11(10)9-12/h1-2,4-5,8,13H,3,6-7,9H2,(H,16,17)/t13-/m0/s1. The van der Waals surface area contributed by atoms with E-state index in [-0.39, 0.29) is 6.04 Å². The first-order valence-electron chi connectivity index (χ1n) is 6.03. The van der Waals surface area contributed by atoms with E-state index in [1.165, 1.54) is 11.1 Å². The molecule has 0 bridgehead atoms. The lowest BCUT2D eigenvalue weighted by molar-refractivity contribution is -0.141. The average Bonchev–Trinajstić information content (AvgIpc) is 2.95. The van der Waals surface area contributed by atoms with E-state index < -0.39 is 5.97 Å². The van der Waals surface area contributed by atoms with Crippen molar-refractivity contribution in [3.8, 4) is 0 Å². The summed E-state index contributed by atoms with van der Waals surface area (Å²) in [5.74, 6) is -0.695. The second-order valence-corrected chi connectivity index (χ2v) is 4.70. The average molecular weight is 229 g/mol. The Balaban J connectivity index is 1.86. The molecule has 0 aromatic heterocycles. The summed E-state index contributed by atoms with van der Waals surface area (Å²) in [6, 6.07) is 7.94. The number of hydrogen-bond donors (Lipinski definition) is 1. The molecule has 2 aliphatic rings. The summed E-state index contributed by atoms with van der Waals surface area (Å²) in [5.41, 5.74) is 3.70. The zero-order valence-electron chi connectivity index (χ0n) is 9.60. The normalized spacial score (nSPS) is 22.5. The fourth-order valence-electron chi connectivity index (χ4n) is 2.81. The molecule has 0 saturated carbocycles. The first-order valence-corrected chi connectivity index (χ1v) is 6.03. The molecule has 1 atom stereocenters. The van der Waals surface area contributed by atoms with Gasteiger partial charge in [-0.2, -0.15) is 0 Å². The van der Waals surface area contributed by atoms with E-state index in [1.807, 2.05) is 12.1 Å². The lowest BCUT2D eigenvalue weighted by Crippen LogP contribution is -2.35. The minimum atomic E-state index is -0.695. The summed E-state index contributed by atoms with van der Waals surface area (Å²) < 4.78 is 0. The van der Waals surface area contributed by atoms with Gasteiger partial charge in [-0.05, 0) is 30.0 Å². The third-order valence-corrected chi connectivity index (χ3v) is 3.66. The fourth-order valence-corrected chi connectivity index (χ4v) is 2.81. The minimum Gasteiger partial charge on any atom is -0.480 e. The molecule has 1 aromatic rings. The molecule has 0 spiro atoms. The Morgan fingerprint density at radius 3 is 2.94 bits per heavy atom. The minimum absolute atomic E-state index is 0.324. The summed E-state index contributed by atoms with van der Waals surface area (Å²) in [4.78, 5) is 13.2. The highest BCUT2D eigenvalue weighted by Crippen LogP contribution is 2.31. The summed E-state index contributed by atoms with van der Waals surface area (Å²) in [7, 11) is 0. The Morgan fingerprint density at radius 2 is 2.18 bits per heavy atom. The van der Waals surface area contributed by atoms with Crippen molar-refractivity contribution in [2.75, 3.05) is 6.54 Å². The highest BCUT2D eigenvalue weighted by atomic mass is 16.4. The van der Waals surface area contributed by atoms with E-state index in [0.717, 1.165) is 31.5 Å². The highest BCUT2D eigenvalue weighted by Gasteiger charge is 2.33. The number of carbonyl (C=O) groups is 1. The number of fused-ring (bicyclic) bond motifs is 1. The van der Waals surface area contributed by atoms with Gasteiger partial charge in [-0.3, -0.25) is 0 Å². The van der Waals surface area contributed by atoms with Crippen LogP contribution in [0.25, 0.3) is 6.08 Å². The topological polar surface area (TPSA) is 40.5 Å². The van der Waals surface area contributed by atoms with Gasteiger partial charge in [0.25, 0.3) is 0 Å². The van der Waals surface area contributed by atoms with Crippen molar-refractivity contribution in [1.29, 1.82) is 0 Å². The Morgan fingerprint density at radius 1 is 1.35 bits per heavy atom. The van der Waals surface area contributed by atoms with Gasteiger partial charge in [-0.25, -0.2) is 4.79 Å². The number of likely N-dealkylation sites (tertiary alicyclic amines) is 1. The van der Waals surface area contributed by atoms with Gasteiger partial charge in [-0.1, -0.05) is 24.3 Å². The van der Waals surface area contributed by atoms with Crippen molar-refractivity contribution in [1.82, 2.24) is 4.90 Å². The Labute approximate surface area is 100 Å². The number of rotatable bonds is 2. The molecule has 3 heteroatoms. The first kappa shape index (κ1) is 10.4. The van der Waals surface area contributed by atoms with Crippen molar-refractivity contribution in [3.05, 3.63) is 41.1 Å². The van der Waals surface area contributed by atoms with Gasteiger partial charge in [0.1, 0.15) is 6.04 Å². The second-order valence-electron chi connectivity index (χ2n) is 4.70. The summed E-state index contributed by atoms with van der Waals surface area (Å²) in [6.45, 7) is 0.872. The SMILES string of the molecule is O=C(O)[C@@H]1CCCN1C1=Cc2ccccc2C1. The Bertz CT molecular complexity index is 493. The number of benzene rings is 1. The van der Waals surface area contributed by atoms with Gasteiger partial charge >= 0.3 is 5.97 Å². The molecule has 3 rings (SSSR count).